The molecule has 2 N–H and O–H groups in total. The number of alkyl carbamates (subject to hydrolysis) is 1. The Morgan fingerprint density at radius 3 is 2.73 bits per heavy atom. The molecule has 0 aliphatic rings. The number of benzene rings is 1. The Kier molecular flexibility index (Phi) is 5.82. The van der Waals surface area contributed by atoms with E-state index in [0.29, 0.717) is 13.0 Å². The van der Waals surface area contributed by atoms with Crippen molar-refractivity contribution in [2.24, 2.45) is 0 Å². The fourth-order valence-corrected chi connectivity index (χ4v) is 1.65. The third-order valence-corrected chi connectivity index (χ3v) is 2.75. The van der Waals surface area contributed by atoms with Crippen molar-refractivity contribution in [2.45, 2.75) is 13.0 Å². The van der Waals surface area contributed by atoms with Crippen LogP contribution >= 0.6 is 0 Å². The molecule has 0 radical (unpaired) electrons. The highest BCUT2D eigenvalue weighted by atomic mass is 16.5. The molecule has 0 aliphatic heterocycles. The first-order chi connectivity index (χ1) is 10.7. The quantitative estimate of drug-likeness (QED) is 0.670. The standard InChI is InChI=1S/C17H16N2O3/c20-16-10-9-14(12-19-16)6-4-5-11-18-17(21)22-13-15-7-2-1-3-8-15/h1-3,7-10,12H,5,11,13H2,(H,18,21)(H,19,20). The second-order valence-electron chi connectivity index (χ2n) is 4.48. The highest BCUT2D eigenvalue weighted by Gasteiger charge is 2.00. The molecule has 1 aromatic heterocycles. The van der Waals surface area contributed by atoms with E-state index in [1.54, 1.807) is 12.3 Å². The van der Waals surface area contributed by atoms with Crippen molar-refractivity contribution < 1.29 is 9.53 Å². The molecular formula is C17H16N2O3. The molecule has 0 aliphatic carbocycles. The highest BCUT2D eigenvalue weighted by molar-refractivity contribution is 5.67. The Bertz CT molecular complexity index is 706. The molecular weight excluding hydrogens is 280 g/mol. The fraction of sp³-hybridized carbons (Fsp3) is 0.176. The number of hydrogen-bond donors (Lipinski definition) is 2. The van der Waals surface area contributed by atoms with E-state index >= 15 is 0 Å². The van der Waals surface area contributed by atoms with Crippen LogP contribution < -0.4 is 10.9 Å². The number of amides is 1. The summed E-state index contributed by atoms with van der Waals surface area (Å²) in [5.41, 5.74) is 1.51. The molecule has 1 heterocycles. The van der Waals surface area contributed by atoms with Crippen LogP contribution in [0.15, 0.2) is 53.5 Å². The van der Waals surface area contributed by atoms with Crippen molar-refractivity contribution in [2.75, 3.05) is 6.54 Å². The molecule has 2 rings (SSSR count). The summed E-state index contributed by atoms with van der Waals surface area (Å²) in [5.74, 6) is 5.80. The van der Waals surface area contributed by atoms with E-state index in [0.717, 1.165) is 11.1 Å². The number of nitrogens with one attached hydrogen (secondary N) is 2. The smallest absolute Gasteiger partial charge is 0.407 e. The van der Waals surface area contributed by atoms with Crippen LogP contribution in [0.3, 0.4) is 0 Å². The van der Waals surface area contributed by atoms with Gasteiger partial charge in [0, 0.05) is 30.8 Å². The van der Waals surface area contributed by atoms with Crippen molar-refractivity contribution in [1.29, 1.82) is 0 Å². The summed E-state index contributed by atoms with van der Waals surface area (Å²) in [6.45, 7) is 0.652. The van der Waals surface area contributed by atoms with Gasteiger partial charge in [0.2, 0.25) is 5.56 Å². The molecule has 0 saturated carbocycles. The average molecular weight is 296 g/mol. The lowest BCUT2D eigenvalue weighted by Gasteiger charge is -2.05. The molecule has 1 aromatic carbocycles. The minimum Gasteiger partial charge on any atom is -0.445 e. The van der Waals surface area contributed by atoms with Gasteiger partial charge in [0.1, 0.15) is 6.61 Å². The van der Waals surface area contributed by atoms with Gasteiger partial charge < -0.3 is 15.0 Å². The summed E-state index contributed by atoms with van der Waals surface area (Å²) < 4.78 is 5.07. The lowest BCUT2D eigenvalue weighted by Crippen LogP contribution is -2.24. The Hall–Kier alpha value is -3.00. The van der Waals surface area contributed by atoms with Gasteiger partial charge in [-0.1, -0.05) is 42.2 Å². The molecule has 22 heavy (non-hydrogen) atoms. The van der Waals surface area contributed by atoms with Crippen LogP contribution in [0.4, 0.5) is 4.79 Å². The van der Waals surface area contributed by atoms with Crippen LogP contribution in [0.1, 0.15) is 17.5 Å². The Morgan fingerprint density at radius 1 is 1.18 bits per heavy atom. The van der Waals surface area contributed by atoms with Crippen LogP contribution in [0.5, 0.6) is 0 Å². The maximum atomic E-state index is 11.5. The van der Waals surface area contributed by atoms with Crippen molar-refractivity contribution in [3.8, 4) is 11.8 Å². The summed E-state index contributed by atoms with van der Waals surface area (Å²) in [4.78, 5) is 24.9. The third kappa shape index (κ3) is 5.55. The molecule has 0 fully saturated rings. The van der Waals surface area contributed by atoms with Crippen LogP contribution in [0, 0.1) is 11.8 Å². The SMILES string of the molecule is O=C(NCCC#Cc1ccc(=O)[nH]c1)OCc1ccccc1. The summed E-state index contributed by atoms with van der Waals surface area (Å²) in [6, 6.07) is 12.5. The lowest BCUT2D eigenvalue weighted by atomic mass is 10.2. The fourth-order valence-electron chi connectivity index (χ4n) is 1.65. The van der Waals surface area contributed by atoms with Gasteiger partial charge in [-0.2, -0.15) is 0 Å². The monoisotopic (exact) mass is 296 g/mol. The Labute approximate surface area is 128 Å². The van der Waals surface area contributed by atoms with Crippen molar-refractivity contribution in [3.63, 3.8) is 0 Å². The molecule has 112 valence electrons. The Morgan fingerprint density at radius 2 is 2.00 bits per heavy atom. The van der Waals surface area contributed by atoms with E-state index in [-0.39, 0.29) is 12.2 Å². The van der Waals surface area contributed by atoms with E-state index in [4.69, 9.17) is 4.74 Å². The van der Waals surface area contributed by atoms with Crippen LogP contribution in [-0.4, -0.2) is 17.6 Å². The minimum atomic E-state index is -0.463. The van der Waals surface area contributed by atoms with Crippen LogP contribution in [0.2, 0.25) is 0 Å². The predicted molar refractivity (Wildman–Crippen MR) is 83.2 cm³/mol. The third-order valence-electron chi connectivity index (χ3n) is 2.75. The van der Waals surface area contributed by atoms with Crippen molar-refractivity contribution >= 4 is 6.09 Å². The molecule has 0 bridgehead atoms. The molecule has 2 aromatic rings. The van der Waals surface area contributed by atoms with Gasteiger partial charge in [-0.25, -0.2) is 4.79 Å². The summed E-state index contributed by atoms with van der Waals surface area (Å²) >= 11 is 0. The lowest BCUT2D eigenvalue weighted by molar-refractivity contribution is 0.140. The number of carbonyl (C=O) groups is 1. The summed E-state index contributed by atoms with van der Waals surface area (Å²) in [6.07, 6.45) is 1.59. The molecule has 5 nitrogen and oxygen atoms in total. The first-order valence-corrected chi connectivity index (χ1v) is 6.86. The van der Waals surface area contributed by atoms with Gasteiger partial charge in [-0.15, -0.1) is 0 Å². The molecule has 0 unspecified atom stereocenters. The van der Waals surface area contributed by atoms with E-state index in [1.807, 2.05) is 30.3 Å². The van der Waals surface area contributed by atoms with Crippen molar-refractivity contribution in [3.05, 3.63) is 70.1 Å². The van der Waals surface area contributed by atoms with Crippen LogP contribution in [-0.2, 0) is 11.3 Å². The number of ether oxygens (including phenoxy) is 1. The van der Waals surface area contributed by atoms with Crippen LogP contribution in [0.25, 0.3) is 0 Å². The largest absolute Gasteiger partial charge is 0.445 e. The van der Waals surface area contributed by atoms with Gasteiger partial charge in [-0.05, 0) is 11.6 Å². The van der Waals surface area contributed by atoms with Gasteiger partial charge >= 0.3 is 6.09 Å². The average Bonchev–Trinajstić information content (AvgIpc) is 2.55. The number of pyridine rings is 1. The van der Waals surface area contributed by atoms with E-state index < -0.39 is 6.09 Å². The Balaban J connectivity index is 1.65. The second-order valence-corrected chi connectivity index (χ2v) is 4.48. The van der Waals surface area contributed by atoms with Gasteiger partial charge in [0.05, 0.1) is 0 Å². The number of H-pyrrole nitrogens is 1. The normalized spacial score (nSPS) is 9.45. The van der Waals surface area contributed by atoms with E-state index in [9.17, 15) is 9.59 Å². The zero-order valence-corrected chi connectivity index (χ0v) is 12.0. The van der Waals surface area contributed by atoms with E-state index in [1.165, 1.54) is 6.07 Å². The molecule has 1 amide bonds. The molecule has 0 spiro atoms. The zero-order chi connectivity index (χ0) is 15.6. The minimum absolute atomic E-state index is 0.159. The molecule has 0 atom stereocenters. The zero-order valence-electron chi connectivity index (χ0n) is 12.0. The van der Waals surface area contributed by atoms with E-state index in [2.05, 4.69) is 22.1 Å². The second kappa shape index (κ2) is 8.32. The summed E-state index contributed by atoms with van der Waals surface area (Å²) in [5, 5.41) is 2.63. The maximum absolute atomic E-state index is 11.5. The number of aromatic amines is 1. The molecule has 0 saturated heterocycles. The highest BCUT2D eigenvalue weighted by Crippen LogP contribution is 2.00. The van der Waals surface area contributed by atoms with Gasteiger partial charge in [0.15, 0.2) is 0 Å². The first kappa shape index (κ1) is 15.4. The first-order valence-electron chi connectivity index (χ1n) is 6.86. The number of carbonyl (C=O) groups excluding carboxylic acids is 1. The van der Waals surface area contributed by atoms with Gasteiger partial charge in [-0.3, -0.25) is 4.79 Å². The number of aromatic nitrogens is 1. The van der Waals surface area contributed by atoms with Crippen molar-refractivity contribution in [1.82, 2.24) is 10.3 Å². The number of hydrogen-bond acceptors (Lipinski definition) is 3. The predicted octanol–water partition coefficient (Wildman–Crippen LogP) is 2.04. The maximum Gasteiger partial charge on any atom is 0.407 e. The van der Waals surface area contributed by atoms with Gasteiger partial charge in [0.25, 0.3) is 0 Å². The summed E-state index contributed by atoms with van der Waals surface area (Å²) in [7, 11) is 0. The topological polar surface area (TPSA) is 71.2 Å². The molecule has 5 heteroatoms. The number of rotatable bonds is 4.